The fourth-order valence-corrected chi connectivity index (χ4v) is 2.80. The van der Waals surface area contributed by atoms with E-state index in [-0.39, 0.29) is 6.61 Å². The van der Waals surface area contributed by atoms with Gasteiger partial charge in [-0.05, 0) is 6.92 Å². The predicted molar refractivity (Wildman–Crippen MR) is 53.5 cm³/mol. The molecule has 0 aliphatic heterocycles. The van der Waals surface area contributed by atoms with E-state index in [1.807, 2.05) is 13.8 Å². The molecule has 0 spiro atoms. The lowest BCUT2D eigenvalue weighted by Crippen LogP contribution is -2.23. The Balaban J connectivity index is 4.53. The first kappa shape index (κ1) is 12.7. The topological polar surface area (TPSA) is 46.6 Å². The Bertz CT molecular complexity index is 213. The lowest BCUT2D eigenvalue weighted by atomic mass is 10.7. The van der Waals surface area contributed by atoms with Crippen LogP contribution < -0.4 is 0 Å². The first-order valence-electron chi connectivity index (χ1n) is 4.50. The first-order chi connectivity index (χ1) is 6.00. The number of hydrogen-bond acceptors (Lipinski definition) is 3. The average Bonchev–Trinajstić information content (AvgIpc) is 2.06. The summed E-state index contributed by atoms with van der Waals surface area (Å²) in [5.41, 5.74) is -0.585. The van der Waals surface area contributed by atoms with Crippen LogP contribution in [0.4, 0.5) is 4.79 Å². The molecule has 0 aromatic carbocycles. The van der Waals surface area contributed by atoms with Gasteiger partial charge in [0.2, 0.25) is 0 Å². The second-order valence-electron chi connectivity index (χ2n) is 2.72. The predicted octanol–water partition coefficient (Wildman–Crippen LogP) is 2.39. The van der Waals surface area contributed by atoms with E-state index >= 15 is 0 Å². The second-order valence-corrected chi connectivity index (χ2v) is 5.41. The molecule has 4 nitrogen and oxygen atoms in total. The van der Waals surface area contributed by atoms with Crippen molar-refractivity contribution in [3.05, 3.63) is 0 Å². The zero-order valence-corrected chi connectivity index (χ0v) is 9.63. The largest absolute Gasteiger partial charge is 0.460 e. The van der Waals surface area contributed by atoms with Gasteiger partial charge in [0.05, 0.1) is 6.61 Å². The van der Waals surface area contributed by atoms with Crippen LogP contribution in [0.2, 0.25) is 0 Å². The molecule has 0 amide bonds. The van der Waals surface area contributed by atoms with Gasteiger partial charge in [-0.2, -0.15) is 0 Å². The summed E-state index contributed by atoms with van der Waals surface area (Å²) in [5, 5.41) is 0. The van der Waals surface area contributed by atoms with E-state index < -0.39 is 13.0 Å². The highest BCUT2D eigenvalue weighted by atomic mass is 31.2. The van der Waals surface area contributed by atoms with Crippen LogP contribution in [0.1, 0.15) is 20.8 Å². The van der Waals surface area contributed by atoms with Crippen molar-refractivity contribution in [3.63, 3.8) is 0 Å². The van der Waals surface area contributed by atoms with Crippen LogP contribution in [-0.4, -0.2) is 36.7 Å². The van der Waals surface area contributed by atoms with Gasteiger partial charge in [0, 0.05) is 19.8 Å². The van der Waals surface area contributed by atoms with Crippen LogP contribution in [0.25, 0.3) is 0 Å². The van der Waals surface area contributed by atoms with Gasteiger partial charge in [-0.1, -0.05) is 13.8 Å². The minimum Gasteiger partial charge on any atom is -0.460 e. The van der Waals surface area contributed by atoms with Crippen molar-refractivity contribution in [2.24, 2.45) is 0 Å². The lowest BCUT2D eigenvalue weighted by Gasteiger charge is -2.24. The molecule has 0 radical (unpaired) electrons. The van der Waals surface area contributed by atoms with Crippen molar-refractivity contribution < 1.29 is 14.1 Å². The highest BCUT2D eigenvalue weighted by molar-refractivity contribution is 7.77. The van der Waals surface area contributed by atoms with E-state index in [0.717, 1.165) is 0 Å². The monoisotopic (exact) mass is 207 g/mol. The van der Waals surface area contributed by atoms with Crippen LogP contribution in [0.5, 0.6) is 0 Å². The Morgan fingerprint density at radius 1 is 1.31 bits per heavy atom. The molecule has 5 heteroatoms. The van der Waals surface area contributed by atoms with Crippen molar-refractivity contribution in [3.8, 4) is 0 Å². The van der Waals surface area contributed by atoms with Gasteiger partial charge in [0.25, 0.3) is 7.29 Å². The molecular weight excluding hydrogens is 189 g/mol. The number of carbonyl (C=O) groups excluding carboxylic acids is 1. The molecule has 0 heterocycles. The summed E-state index contributed by atoms with van der Waals surface area (Å²) in [6.07, 6.45) is 0. The molecule has 0 fully saturated rings. The third-order valence-electron chi connectivity index (χ3n) is 1.88. The third-order valence-corrected chi connectivity index (χ3v) is 4.33. The Morgan fingerprint density at radius 3 is 2.08 bits per heavy atom. The molecule has 0 aliphatic carbocycles. The van der Waals surface area contributed by atoms with E-state index in [0.29, 0.717) is 13.1 Å². The zero-order chi connectivity index (χ0) is 10.5. The molecule has 0 rings (SSSR count). The van der Waals surface area contributed by atoms with E-state index in [2.05, 4.69) is 0 Å². The number of nitrogens with zero attached hydrogens (tertiary/aromatic N) is 1. The fraction of sp³-hybridized carbons (Fsp3) is 0.875. The van der Waals surface area contributed by atoms with Gasteiger partial charge >= 0.3 is 5.71 Å². The van der Waals surface area contributed by atoms with Gasteiger partial charge in [-0.15, -0.1) is 0 Å². The molecule has 0 bridgehead atoms. The smallest absolute Gasteiger partial charge is 0.379 e. The molecule has 13 heavy (non-hydrogen) atoms. The molecule has 0 saturated heterocycles. The van der Waals surface area contributed by atoms with Crippen molar-refractivity contribution >= 4 is 13.0 Å². The molecule has 78 valence electrons. The van der Waals surface area contributed by atoms with Crippen LogP contribution >= 0.6 is 7.29 Å². The number of rotatable bonds is 5. The van der Waals surface area contributed by atoms with Crippen LogP contribution in [0.3, 0.4) is 0 Å². The molecular formula is C8H18NO3P. The molecule has 1 unspecified atom stereocenters. The Morgan fingerprint density at radius 2 is 1.77 bits per heavy atom. The molecule has 0 aliphatic rings. The summed E-state index contributed by atoms with van der Waals surface area (Å²) in [6.45, 7) is 8.39. The maximum absolute atomic E-state index is 11.9. The standard InChI is InChI=1S/C8H18NO3P/c1-5-9(6-2)13(4,11)8(10)12-7-3/h5-7H2,1-4H3. The highest BCUT2D eigenvalue weighted by Crippen LogP contribution is 2.46. The Kier molecular flexibility index (Phi) is 5.26. The maximum atomic E-state index is 11.9. The van der Waals surface area contributed by atoms with Crippen molar-refractivity contribution in [2.75, 3.05) is 26.4 Å². The molecule has 0 saturated carbocycles. The summed E-state index contributed by atoms with van der Waals surface area (Å²) in [6, 6.07) is 0. The minimum atomic E-state index is -2.94. The van der Waals surface area contributed by atoms with E-state index in [9.17, 15) is 9.36 Å². The third kappa shape index (κ3) is 3.12. The lowest BCUT2D eigenvalue weighted by molar-refractivity contribution is 0.175. The average molecular weight is 207 g/mol. The number of hydrogen-bond donors (Lipinski definition) is 0. The molecule has 0 aromatic heterocycles. The van der Waals surface area contributed by atoms with Gasteiger partial charge in [0.1, 0.15) is 0 Å². The van der Waals surface area contributed by atoms with E-state index in [4.69, 9.17) is 4.74 Å². The van der Waals surface area contributed by atoms with Gasteiger partial charge < -0.3 is 4.74 Å². The van der Waals surface area contributed by atoms with Crippen LogP contribution in [0, 0.1) is 0 Å². The van der Waals surface area contributed by atoms with Crippen LogP contribution in [-0.2, 0) is 9.30 Å². The normalized spacial score (nSPS) is 15.5. The highest BCUT2D eigenvalue weighted by Gasteiger charge is 2.32. The summed E-state index contributed by atoms with van der Waals surface area (Å²) >= 11 is 0. The fourth-order valence-electron chi connectivity index (χ4n) is 1.12. The van der Waals surface area contributed by atoms with E-state index in [1.54, 1.807) is 11.6 Å². The number of ether oxygens (including phenoxy) is 1. The zero-order valence-electron chi connectivity index (χ0n) is 8.74. The Hall–Kier alpha value is -0.340. The number of carbonyl (C=O) groups is 1. The summed E-state index contributed by atoms with van der Waals surface area (Å²) in [7, 11) is -2.94. The SMILES string of the molecule is CCOC(=O)P(C)(=O)N(CC)CC. The first-order valence-corrected chi connectivity index (χ1v) is 6.61. The van der Waals surface area contributed by atoms with Crippen molar-refractivity contribution in [2.45, 2.75) is 20.8 Å². The summed E-state index contributed by atoms with van der Waals surface area (Å²) in [4.78, 5) is 11.3. The quantitative estimate of drug-likeness (QED) is 0.649. The molecule has 0 aromatic rings. The van der Waals surface area contributed by atoms with Crippen LogP contribution in [0.15, 0.2) is 0 Å². The molecule has 1 atom stereocenters. The minimum absolute atomic E-state index is 0.276. The van der Waals surface area contributed by atoms with Gasteiger partial charge in [0.15, 0.2) is 0 Å². The Labute approximate surface area is 79.7 Å². The summed E-state index contributed by atoms with van der Waals surface area (Å²) < 4.78 is 18.3. The van der Waals surface area contributed by atoms with Gasteiger partial charge in [-0.3, -0.25) is 4.57 Å². The van der Waals surface area contributed by atoms with Crippen molar-refractivity contribution in [1.82, 2.24) is 4.67 Å². The van der Waals surface area contributed by atoms with E-state index in [1.165, 1.54) is 6.66 Å². The summed E-state index contributed by atoms with van der Waals surface area (Å²) in [5.74, 6) is 0. The molecule has 0 N–H and O–H groups in total. The maximum Gasteiger partial charge on any atom is 0.379 e. The second kappa shape index (κ2) is 5.40. The van der Waals surface area contributed by atoms with Crippen molar-refractivity contribution in [1.29, 1.82) is 0 Å². The van der Waals surface area contributed by atoms with Gasteiger partial charge in [-0.25, -0.2) is 9.46 Å².